The van der Waals surface area contributed by atoms with E-state index >= 15 is 0 Å². The van der Waals surface area contributed by atoms with E-state index < -0.39 is 0 Å². The van der Waals surface area contributed by atoms with Crippen molar-refractivity contribution in [2.45, 2.75) is 24.9 Å². The van der Waals surface area contributed by atoms with E-state index in [1.165, 1.54) is 18.4 Å². The minimum absolute atomic E-state index is 0.268. The highest BCUT2D eigenvalue weighted by atomic mass is 15.3. The Morgan fingerprint density at radius 3 is 2.74 bits per heavy atom. The standard InChI is InChI=1S/C15H20N4/c1-18(13-7-8-13)15(9-16)12-10-17-19(11-12)14-5-3-2-4-6-14/h2-6,10-11,13,15H,7-9,16H2,1H3. The Kier molecular flexibility index (Phi) is 3.36. The number of nitrogens with zero attached hydrogens (tertiary/aromatic N) is 3. The monoisotopic (exact) mass is 256 g/mol. The number of hydrogen-bond donors (Lipinski definition) is 1. The van der Waals surface area contributed by atoms with Crippen molar-refractivity contribution in [1.29, 1.82) is 0 Å². The van der Waals surface area contributed by atoms with Gasteiger partial charge in [0.2, 0.25) is 0 Å². The lowest BCUT2D eigenvalue weighted by molar-refractivity contribution is 0.240. The summed E-state index contributed by atoms with van der Waals surface area (Å²) in [5, 5.41) is 4.45. The molecule has 0 aliphatic heterocycles. The average molecular weight is 256 g/mol. The fourth-order valence-corrected chi connectivity index (χ4v) is 2.50. The zero-order chi connectivity index (χ0) is 13.2. The first-order chi connectivity index (χ1) is 9.29. The van der Waals surface area contributed by atoms with Crippen molar-refractivity contribution >= 4 is 0 Å². The van der Waals surface area contributed by atoms with Gasteiger partial charge in [0.25, 0.3) is 0 Å². The van der Waals surface area contributed by atoms with Crippen LogP contribution in [-0.4, -0.2) is 34.3 Å². The minimum atomic E-state index is 0.268. The number of rotatable bonds is 5. The molecule has 1 heterocycles. The normalized spacial score (nSPS) is 16.8. The van der Waals surface area contributed by atoms with E-state index in [0.717, 1.165) is 5.69 Å². The van der Waals surface area contributed by atoms with E-state index in [1.54, 1.807) is 0 Å². The number of nitrogens with two attached hydrogens (primary N) is 1. The van der Waals surface area contributed by atoms with Crippen LogP contribution in [0.15, 0.2) is 42.7 Å². The summed E-state index contributed by atoms with van der Waals surface area (Å²) in [6.07, 6.45) is 6.61. The van der Waals surface area contributed by atoms with Gasteiger partial charge >= 0.3 is 0 Å². The molecule has 1 unspecified atom stereocenters. The molecular formula is C15H20N4. The van der Waals surface area contributed by atoms with E-state index in [1.807, 2.05) is 29.1 Å². The number of aromatic nitrogens is 2. The number of benzene rings is 1. The molecule has 1 aliphatic carbocycles. The maximum atomic E-state index is 5.94. The van der Waals surface area contributed by atoms with Crippen LogP contribution in [0.5, 0.6) is 0 Å². The van der Waals surface area contributed by atoms with Gasteiger partial charge in [0.05, 0.1) is 17.9 Å². The summed E-state index contributed by atoms with van der Waals surface area (Å²) in [5.74, 6) is 0. The molecule has 4 heteroatoms. The van der Waals surface area contributed by atoms with Crippen LogP contribution in [-0.2, 0) is 0 Å². The van der Waals surface area contributed by atoms with Crippen LogP contribution in [0.2, 0.25) is 0 Å². The summed E-state index contributed by atoms with van der Waals surface area (Å²) in [6.45, 7) is 0.632. The molecule has 2 aromatic rings. The Balaban J connectivity index is 1.83. The second-order valence-electron chi connectivity index (χ2n) is 5.20. The average Bonchev–Trinajstić information content (AvgIpc) is 3.20. The van der Waals surface area contributed by atoms with Crippen LogP contribution in [0.25, 0.3) is 5.69 Å². The van der Waals surface area contributed by atoms with E-state index in [9.17, 15) is 0 Å². The molecule has 0 radical (unpaired) electrons. The Morgan fingerprint density at radius 2 is 2.11 bits per heavy atom. The van der Waals surface area contributed by atoms with Crippen LogP contribution in [0.4, 0.5) is 0 Å². The van der Waals surface area contributed by atoms with Crippen molar-refractivity contribution in [3.63, 3.8) is 0 Å². The zero-order valence-electron chi connectivity index (χ0n) is 11.2. The molecular weight excluding hydrogens is 236 g/mol. The first-order valence-corrected chi connectivity index (χ1v) is 6.81. The summed E-state index contributed by atoms with van der Waals surface area (Å²) in [6, 6.07) is 11.1. The molecule has 1 saturated carbocycles. The molecule has 1 aromatic heterocycles. The second kappa shape index (κ2) is 5.15. The van der Waals surface area contributed by atoms with Gasteiger partial charge in [-0.2, -0.15) is 5.10 Å². The molecule has 100 valence electrons. The molecule has 1 aromatic carbocycles. The second-order valence-corrected chi connectivity index (χ2v) is 5.20. The fraction of sp³-hybridized carbons (Fsp3) is 0.400. The maximum absolute atomic E-state index is 5.94. The largest absolute Gasteiger partial charge is 0.329 e. The fourth-order valence-electron chi connectivity index (χ4n) is 2.50. The van der Waals surface area contributed by atoms with Crippen molar-refractivity contribution in [1.82, 2.24) is 14.7 Å². The highest BCUT2D eigenvalue weighted by Crippen LogP contribution is 2.32. The summed E-state index contributed by atoms with van der Waals surface area (Å²) in [5.41, 5.74) is 8.22. The highest BCUT2D eigenvalue weighted by molar-refractivity contribution is 5.31. The minimum Gasteiger partial charge on any atom is -0.329 e. The summed E-state index contributed by atoms with van der Waals surface area (Å²) in [4.78, 5) is 2.38. The Bertz CT molecular complexity index is 530. The van der Waals surface area contributed by atoms with Gasteiger partial charge in [0.15, 0.2) is 0 Å². The first-order valence-electron chi connectivity index (χ1n) is 6.81. The molecule has 1 aliphatic rings. The van der Waals surface area contributed by atoms with Crippen LogP contribution in [0, 0.1) is 0 Å². The van der Waals surface area contributed by atoms with Gasteiger partial charge in [-0.3, -0.25) is 4.90 Å². The Morgan fingerprint density at radius 1 is 1.37 bits per heavy atom. The zero-order valence-corrected chi connectivity index (χ0v) is 11.2. The van der Waals surface area contributed by atoms with Gasteiger partial charge in [-0.15, -0.1) is 0 Å². The first kappa shape index (κ1) is 12.4. The summed E-state index contributed by atoms with van der Waals surface area (Å²) in [7, 11) is 2.16. The molecule has 3 rings (SSSR count). The van der Waals surface area contributed by atoms with Crippen LogP contribution in [0.3, 0.4) is 0 Å². The Labute approximate surface area is 113 Å². The topological polar surface area (TPSA) is 47.1 Å². The van der Waals surface area contributed by atoms with E-state index in [-0.39, 0.29) is 6.04 Å². The van der Waals surface area contributed by atoms with Crippen molar-refractivity contribution in [3.05, 3.63) is 48.3 Å². The van der Waals surface area contributed by atoms with Gasteiger partial charge < -0.3 is 5.73 Å². The third-order valence-electron chi connectivity index (χ3n) is 3.85. The summed E-state index contributed by atoms with van der Waals surface area (Å²) < 4.78 is 1.92. The molecule has 1 atom stereocenters. The van der Waals surface area contributed by atoms with Gasteiger partial charge in [0.1, 0.15) is 0 Å². The third-order valence-corrected chi connectivity index (χ3v) is 3.85. The lowest BCUT2D eigenvalue weighted by Crippen LogP contribution is -2.31. The molecule has 0 bridgehead atoms. The molecule has 19 heavy (non-hydrogen) atoms. The molecule has 2 N–H and O–H groups in total. The molecule has 0 saturated heterocycles. The van der Waals surface area contributed by atoms with Gasteiger partial charge in [-0.05, 0) is 32.0 Å². The van der Waals surface area contributed by atoms with E-state index in [2.05, 4.69) is 35.4 Å². The van der Waals surface area contributed by atoms with Crippen molar-refractivity contribution in [3.8, 4) is 5.69 Å². The Hall–Kier alpha value is -1.65. The third kappa shape index (κ3) is 2.55. The smallest absolute Gasteiger partial charge is 0.0645 e. The van der Waals surface area contributed by atoms with Crippen LogP contribution >= 0.6 is 0 Å². The van der Waals surface area contributed by atoms with Crippen LogP contribution < -0.4 is 5.73 Å². The SMILES string of the molecule is CN(C1CC1)C(CN)c1cnn(-c2ccccc2)c1. The van der Waals surface area contributed by atoms with Gasteiger partial charge in [-0.25, -0.2) is 4.68 Å². The van der Waals surface area contributed by atoms with E-state index in [0.29, 0.717) is 12.6 Å². The lowest BCUT2D eigenvalue weighted by Gasteiger charge is -2.25. The molecule has 1 fully saturated rings. The number of para-hydroxylation sites is 1. The predicted octanol–water partition coefficient (Wildman–Crippen LogP) is 1.97. The van der Waals surface area contributed by atoms with Gasteiger partial charge in [-0.1, -0.05) is 18.2 Å². The molecule has 0 amide bonds. The van der Waals surface area contributed by atoms with Crippen molar-refractivity contribution < 1.29 is 0 Å². The molecule has 0 spiro atoms. The predicted molar refractivity (Wildman–Crippen MR) is 76.1 cm³/mol. The maximum Gasteiger partial charge on any atom is 0.0645 e. The number of hydrogen-bond acceptors (Lipinski definition) is 3. The number of likely N-dealkylation sites (N-methyl/N-ethyl adjacent to an activating group) is 1. The van der Waals surface area contributed by atoms with Gasteiger partial charge in [0, 0.05) is 24.3 Å². The summed E-state index contributed by atoms with van der Waals surface area (Å²) >= 11 is 0. The lowest BCUT2D eigenvalue weighted by atomic mass is 10.1. The highest BCUT2D eigenvalue weighted by Gasteiger charge is 2.31. The van der Waals surface area contributed by atoms with Crippen molar-refractivity contribution in [2.75, 3.05) is 13.6 Å². The quantitative estimate of drug-likeness (QED) is 0.889. The molecule has 4 nitrogen and oxygen atoms in total. The van der Waals surface area contributed by atoms with Crippen LogP contribution in [0.1, 0.15) is 24.4 Å². The van der Waals surface area contributed by atoms with Crippen molar-refractivity contribution in [2.24, 2.45) is 5.73 Å². The van der Waals surface area contributed by atoms with E-state index in [4.69, 9.17) is 5.73 Å².